The van der Waals surface area contributed by atoms with E-state index in [2.05, 4.69) is 37.0 Å². The summed E-state index contributed by atoms with van der Waals surface area (Å²) in [5.74, 6) is 1.43. The van der Waals surface area contributed by atoms with E-state index in [-0.39, 0.29) is 0 Å². The molecule has 0 unspecified atom stereocenters. The molecule has 0 saturated heterocycles. The number of rotatable bonds is 4. The molecule has 0 aliphatic heterocycles. The molecular formula is C18H19NO. The maximum absolute atomic E-state index is 5.89. The second-order valence-corrected chi connectivity index (χ2v) is 5.58. The standard InChI is InChI=1S/C18H19NO/c1-13(2)11-12-14-7-3-4-8-15(14)18-19-16-9-5-6-10-17(16)20-18/h3-10,13H,11-12H2,1-2H3. The van der Waals surface area contributed by atoms with Gasteiger partial charge in [-0.15, -0.1) is 0 Å². The molecular weight excluding hydrogens is 246 g/mol. The second-order valence-electron chi connectivity index (χ2n) is 5.58. The molecule has 2 heteroatoms. The van der Waals surface area contributed by atoms with E-state index < -0.39 is 0 Å². The number of aryl methyl sites for hydroxylation is 1. The van der Waals surface area contributed by atoms with Crippen molar-refractivity contribution in [3.63, 3.8) is 0 Å². The van der Waals surface area contributed by atoms with Crippen molar-refractivity contribution < 1.29 is 4.42 Å². The van der Waals surface area contributed by atoms with Crippen LogP contribution in [0.4, 0.5) is 0 Å². The molecule has 0 radical (unpaired) electrons. The summed E-state index contributed by atoms with van der Waals surface area (Å²) in [6, 6.07) is 16.3. The summed E-state index contributed by atoms with van der Waals surface area (Å²) in [6.07, 6.45) is 2.24. The lowest BCUT2D eigenvalue weighted by Gasteiger charge is -2.08. The number of para-hydroxylation sites is 2. The third kappa shape index (κ3) is 2.60. The fraction of sp³-hybridized carbons (Fsp3) is 0.278. The third-order valence-electron chi connectivity index (χ3n) is 3.53. The van der Waals surface area contributed by atoms with Gasteiger partial charge in [0.05, 0.1) is 0 Å². The largest absolute Gasteiger partial charge is 0.436 e. The van der Waals surface area contributed by atoms with Gasteiger partial charge in [-0.2, -0.15) is 0 Å². The normalized spacial score (nSPS) is 11.3. The first kappa shape index (κ1) is 12.9. The van der Waals surface area contributed by atoms with E-state index in [1.165, 1.54) is 12.0 Å². The first-order valence-corrected chi connectivity index (χ1v) is 7.18. The van der Waals surface area contributed by atoms with Crippen LogP contribution in [-0.2, 0) is 6.42 Å². The van der Waals surface area contributed by atoms with E-state index in [4.69, 9.17) is 4.42 Å². The van der Waals surface area contributed by atoms with Gasteiger partial charge in [0.25, 0.3) is 0 Å². The zero-order chi connectivity index (χ0) is 13.9. The highest BCUT2D eigenvalue weighted by molar-refractivity contribution is 5.76. The van der Waals surface area contributed by atoms with Crippen molar-refractivity contribution in [2.75, 3.05) is 0 Å². The average molecular weight is 265 g/mol. The van der Waals surface area contributed by atoms with Crippen LogP contribution < -0.4 is 0 Å². The number of oxazole rings is 1. The minimum absolute atomic E-state index is 0.701. The van der Waals surface area contributed by atoms with Crippen molar-refractivity contribution in [2.45, 2.75) is 26.7 Å². The van der Waals surface area contributed by atoms with Gasteiger partial charge >= 0.3 is 0 Å². The van der Waals surface area contributed by atoms with Crippen molar-refractivity contribution in [1.82, 2.24) is 4.98 Å². The molecule has 2 aromatic carbocycles. The van der Waals surface area contributed by atoms with Gasteiger partial charge in [-0.3, -0.25) is 0 Å². The van der Waals surface area contributed by atoms with E-state index in [1.54, 1.807) is 0 Å². The van der Waals surface area contributed by atoms with Crippen LogP contribution in [0.25, 0.3) is 22.6 Å². The highest BCUT2D eigenvalue weighted by Gasteiger charge is 2.11. The van der Waals surface area contributed by atoms with Crippen LogP contribution in [-0.4, -0.2) is 4.98 Å². The lowest BCUT2D eigenvalue weighted by atomic mass is 9.98. The van der Waals surface area contributed by atoms with Gasteiger partial charge < -0.3 is 4.42 Å². The van der Waals surface area contributed by atoms with Crippen LogP contribution in [0.5, 0.6) is 0 Å². The zero-order valence-electron chi connectivity index (χ0n) is 12.0. The van der Waals surface area contributed by atoms with Crippen LogP contribution in [0.15, 0.2) is 52.9 Å². The first-order valence-electron chi connectivity index (χ1n) is 7.18. The molecule has 0 saturated carbocycles. The van der Waals surface area contributed by atoms with Gasteiger partial charge in [0.2, 0.25) is 5.89 Å². The molecule has 3 aromatic rings. The van der Waals surface area contributed by atoms with E-state index in [0.717, 1.165) is 29.0 Å². The predicted molar refractivity (Wildman–Crippen MR) is 82.6 cm³/mol. The fourth-order valence-corrected chi connectivity index (χ4v) is 2.38. The van der Waals surface area contributed by atoms with E-state index in [0.29, 0.717) is 5.92 Å². The quantitative estimate of drug-likeness (QED) is 0.657. The number of benzene rings is 2. The Morgan fingerprint density at radius 2 is 1.75 bits per heavy atom. The molecule has 0 aliphatic rings. The smallest absolute Gasteiger partial charge is 0.227 e. The Morgan fingerprint density at radius 1 is 1.00 bits per heavy atom. The van der Waals surface area contributed by atoms with E-state index in [1.807, 2.05) is 30.3 Å². The Balaban J connectivity index is 2.00. The monoisotopic (exact) mass is 265 g/mol. The summed E-state index contributed by atoms with van der Waals surface area (Å²) in [6.45, 7) is 4.50. The van der Waals surface area contributed by atoms with Crippen molar-refractivity contribution >= 4 is 11.1 Å². The van der Waals surface area contributed by atoms with Crippen molar-refractivity contribution in [2.24, 2.45) is 5.92 Å². The number of nitrogens with zero attached hydrogens (tertiary/aromatic N) is 1. The maximum Gasteiger partial charge on any atom is 0.227 e. The molecule has 20 heavy (non-hydrogen) atoms. The molecule has 0 amide bonds. The molecule has 0 N–H and O–H groups in total. The van der Waals surface area contributed by atoms with Crippen molar-refractivity contribution in [1.29, 1.82) is 0 Å². The molecule has 0 spiro atoms. The molecule has 102 valence electrons. The summed E-state index contributed by atoms with van der Waals surface area (Å²) in [5, 5.41) is 0. The van der Waals surface area contributed by atoms with Crippen LogP contribution in [0.1, 0.15) is 25.8 Å². The Morgan fingerprint density at radius 3 is 2.55 bits per heavy atom. The molecule has 3 rings (SSSR count). The van der Waals surface area contributed by atoms with Crippen LogP contribution in [0.3, 0.4) is 0 Å². The van der Waals surface area contributed by atoms with Gasteiger partial charge in [-0.25, -0.2) is 4.98 Å². The average Bonchev–Trinajstić information content (AvgIpc) is 2.89. The van der Waals surface area contributed by atoms with Gasteiger partial charge in [0.1, 0.15) is 5.52 Å². The topological polar surface area (TPSA) is 26.0 Å². The highest BCUT2D eigenvalue weighted by Crippen LogP contribution is 2.28. The molecule has 2 nitrogen and oxygen atoms in total. The van der Waals surface area contributed by atoms with E-state index in [9.17, 15) is 0 Å². The lowest BCUT2D eigenvalue weighted by Crippen LogP contribution is -1.94. The van der Waals surface area contributed by atoms with E-state index >= 15 is 0 Å². The number of hydrogen-bond donors (Lipinski definition) is 0. The number of fused-ring (bicyclic) bond motifs is 1. The zero-order valence-corrected chi connectivity index (χ0v) is 12.0. The molecule has 1 heterocycles. The maximum atomic E-state index is 5.89. The van der Waals surface area contributed by atoms with Crippen molar-refractivity contribution in [3.05, 3.63) is 54.1 Å². The van der Waals surface area contributed by atoms with Crippen LogP contribution in [0.2, 0.25) is 0 Å². The molecule has 0 aliphatic carbocycles. The Hall–Kier alpha value is -2.09. The van der Waals surface area contributed by atoms with Gasteiger partial charge in [-0.05, 0) is 42.5 Å². The number of aromatic nitrogens is 1. The molecule has 1 aromatic heterocycles. The second kappa shape index (κ2) is 5.49. The van der Waals surface area contributed by atoms with Crippen LogP contribution >= 0.6 is 0 Å². The third-order valence-corrected chi connectivity index (χ3v) is 3.53. The summed E-state index contributed by atoms with van der Waals surface area (Å²) in [7, 11) is 0. The SMILES string of the molecule is CC(C)CCc1ccccc1-c1nc2ccccc2o1. The summed E-state index contributed by atoms with van der Waals surface area (Å²) in [4.78, 5) is 4.60. The number of hydrogen-bond acceptors (Lipinski definition) is 2. The Bertz CT molecular complexity index is 679. The Labute approximate surface area is 119 Å². The Kier molecular flexibility index (Phi) is 3.55. The van der Waals surface area contributed by atoms with Crippen molar-refractivity contribution in [3.8, 4) is 11.5 Å². The predicted octanol–water partition coefficient (Wildman–Crippen LogP) is 5.08. The lowest BCUT2D eigenvalue weighted by molar-refractivity contribution is 0.584. The molecule has 0 fully saturated rings. The minimum Gasteiger partial charge on any atom is -0.436 e. The summed E-state index contributed by atoms with van der Waals surface area (Å²) in [5.41, 5.74) is 4.19. The highest BCUT2D eigenvalue weighted by atomic mass is 16.3. The summed E-state index contributed by atoms with van der Waals surface area (Å²) < 4.78 is 5.89. The van der Waals surface area contributed by atoms with Gasteiger partial charge in [-0.1, -0.05) is 44.2 Å². The molecule has 0 bridgehead atoms. The van der Waals surface area contributed by atoms with Gasteiger partial charge in [0.15, 0.2) is 5.58 Å². The minimum atomic E-state index is 0.701. The first-order chi connectivity index (χ1) is 9.74. The fourth-order valence-electron chi connectivity index (χ4n) is 2.38. The van der Waals surface area contributed by atoms with Gasteiger partial charge in [0, 0.05) is 5.56 Å². The van der Waals surface area contributed by atoms with Crippen LogP contribution in [0, 0.1) is 5.92 Å². The molecule has 0 atom stereocenters. The summed E-state index contributed by atoms with van der Waals surface area (Å²) >= 11 is 0.